The molecule has 2 atom stereocenters. The Hall–Kier alpha value is -3.35. The van der Waals surface area contributed by atoms with Gasteiger partial charge in [-0.3, -0.25) is 4.79 Å². The standard InChI is InChI=1S/C27H32N6O5S/c1-18-15-37-11-10-33(18)24-21-6-7-22(19-4-3-5-20(14-19)25(34)28-2)29-23(21)30-26(31-24)32-9-12-38-27(16-32)8-13-39(35,36)17-27/h3-7,14,18H,8-13,15-17H2,1-2H3,(H,28,34)/t18-,27?/m0/s1. The van der Waals surface area contributed by atoms with Gasteiger partial charge >= 0.3 is 0 Å². The van der Waals surface area contributed by atoms with Crippen molar-refractivity contribution >= 4 is 38.5 Å². The summed E-state index contributed by atoms with van der Waals surface area (Å²) in [6.45, 7) is 5.35. The molecule has 1 N–H and O–H groups in total. The van der Waals surface area contributed by atoms with Gasteiger partial charge in [0.25, 0.3) is 5.91 Å². The number of fused-ring (bicyclic) bond motifs is 1. The van der Waals surface area contributed by atoms with Crippen molar-refractivity contribution in [3.8, 4) is 11.3 Å². The molecule has 12 heteroatoms. The molecule has 1 unspecified atom stereocenters. The van der Waals surface area contributed by atoms with Crippen LogP contribution in [-0.4, -0.2) is 98.9 Å². The summed E-state index contributed by atoms with van der Waals surface area (Å²) in [6, 6.07) is 11.3. The molecule has 3 fully saturated rings. The van der Waals surface area contributed by atoms with E-state index in [4.69, 9.17) is 24.4 Å². The van der Waals surface area contributed by atoms with Gasteiger partial charge in [0, 0.05) is 31.3 Å². The van der Waals surface area contributed by atoms with Crippen LogP contribution in [0.4, 0.5) is 11.8 Å². The van der Waals surface area contributed by atoms with Crippen molar-refractivity contribution in [1.29, 1.82) is 0 Å². The van der Waals surface area contributed by atoms with Crippen molar-refractivity contribution in [3.63, 3.8) is 0 Å². The molecule has 3 aliphatic heterocycles. The highest BCUT2D eigenvalue weighted by atomic mass is 32.2. The minimum Gasteiger partial charge on any atom is -0.377 e. The molecule has 0 aliphatic carbocycles. The number of hydrogen-bond acceptors (Lipinski definition) is 10. The first-order valence-corrected chi connectivity index (χ1v) is 15.0. The number of amides is 1. The molecule has 39 heavy (non-hydrogen) atoms. The van der Waals surface area contributed by atoms with Gasteiger partial charge in [0.1, 0.15) is 11.4 Å². The number of pyridine rings is 1. The smallest absolute Gasteiger partial charge is 0.251 e. The van der Waals surface area contributed by atoms with Crippen molar-refractivity contribution in [3.05, 3.63) is 42.0 Å². The zero-order chi connectivity index (χ0) is 27.2. The Morgan fingerprint density at radius 1 is 1.13 bits per heavy atom. The number of aromatic nitrogens is 3. The summed E-state index contributed by atoms with van der Waals surface area (Å²) in [6.07, 6.45) is 0.469. The number of carbonyl (C=O) groups is 1. The largest absolute Gasteiger partial charge is 0.377 e. The number of morpholine rings is 2. The Morgan fingerprint density at radius 3 is 2.77 bits per heavy atom. The summed E-state index contributed by atoms with van der Waals surface area (Å²) >= 11 is 0. The maximum Gasteiger partial charge on any atom is 0.251 e. The topological polar surface area (TPSA) is 127 Å². The molecule has 1 amide bonds. The second-order valence-corrected chi connectivity index (χ2v) is 12.7. The van der Waals surface area contributed by atoms with Gasteiger partial charge in [-0.05, 0) is 37.6 Å². The number of sulfone groups is 1. The van der Waals surface area contributed by atoms with Crippen LogP contribution in [0.1, 0.15) is 23.7 Å². The summed E-state index contributed by atoms with van der Waals surface area (Å²) < 4.78 is 36.3. The monoisotopic (exact) mass is 552 g/mol. The maximum atomic E-state index is 12.3. The Balaban J connectivity index is 1.44. The average molecular weight is 553 g/mol. The van der Waals surface area contributed by atoms with Crippen LogP contribution < -0.4 is 15.1 Å². The number of rotatable bonds is 4. The lowest BCUT2D eigenvalue weighted by atomic mass is 10.0. The molecule has 5 heterocycles. The first-order valence-electron chi connectivity index (χ1n) is 13.2. The van der Waals surface area contributed by atoms with Crippen LogP contribution >= 0.6 is 0 Å². The van der Waals surface area contributed by atoms with E-state index in [1.165, 1.54) is 0 Å². The zero-order valence-corrected chi connectivity index (χ0v) is 22.9. The lowest BCUT2D eigenvalue weighted by Crippen LogP contribution is -2.53. The third-order valence-electron chi connectivity index (χ3n) is 7.70. The number of nitrogens with zero attached hydrogens (tertiary/aromatic N) is 5. The number of nitrogens with one attached hydrogen (secondary N) is 1. The fourth-order valence-electron chi connectivity index (χ4n) is 5.65. The molecular weight excluding hydrogens is 520 g/mol. The Bertz CT molecular complexity index is 1530. The first kappa shape index (κ1) is 25.9. The van der Waals surface area contributed by atoms with Gasteiger partial charge in [-0.2, -0.15) is 9.97 Å². The van der Waals surface area contributed by atoms with Crippen LogP contribution in [0.2, 0.25) is 0 Å². The highest BCUT2D eigenvalue weighted by Crippen LogP contribution is 2.35. The van der Waals surface area contributed by atoms with Crippen molar-refractivity contribution in [2.75, 3.05) is 67.8 Å². The SMILES string of the molecule is CNC(=O)c1cccc(-c2ccc3c(N4CCOC[C@@H]4C)nc(N4CCOC5(CCS(=O)(=O)C5)C4)nc3n2)c1. The summed E-state index contributed by atoms with van der Waals surface area (Å²) in [5, 5.41) is 3.48. The number of anilines is 2. The van der Waals surface area contributed by atoms with E-state index < -0.39 is 15.4 Å². The number of carbonyl (C=O) groups excluding carboxylic acids is 1. The average Bonchev–Trinajstić information content (AvgIpc) is 3.24. The van der Waals surface area contributed by atoms with Crippen LogP contribution in [0.15, 0.2) is 36.4 Å². The minimum absolute atomic E-state index is 0.0154. The fourth-order valence-corrected chi connectivity index (χ4v) is 7.60. The third kappa shape index (κ3) is 5.04. The normalized spacial score (nSPS) is 24.8. The molecule has 1 spiro atoms. The van der Waals surface area contributed by atoms with E-state index in [-0.39, 0.29) is 23.5 Å². The molecule has 3 aliphatic rings. The fraction of sp³-hybridized carbons (Fsp3) is 0.481. The third-order valence-corrected chi connectivity index (χ3v) is 9.49. The van der Waals surface area contributed by atoms with Crippen LogP contribution in [0, 0.1) is 0 Å². The van der Waals surface area contributed by atoms with E-state index in [9.17, 15) is 13.2 Å². The number of ether oxygens (including phenoxy) is 2. The Morgan fingerprint density at radius 2 is 2.00 bits per heavy atom. The zero-order valence-electron chi connectivity index (χ0n) is 22.1. The first-order chi connectivity index (χ1) is 18.8. The molecule has 6 rings (SSSR count). The summed E-state index contributed by atoms with van der Waals surface area (Å²) in [5.41, 5.74) is 1.85. The maximum absolute atomic E-state index is 12.3. The molecule has 0 bridgehead atoms. The van der Waals surface area contributed by atoms with Crippen molar-refractivity contribution < 1.29 is 22.7 Å². The lowest BCUT2D eigenvalue weighted by molar-refractivity contribution is -0.0364. The van der Waals surface area contributed by atoms with Gasteiger partial charge < -0.3 is 24.6 Å². The molecule has 2 aromatic heterocycles. The van der Waals surface area contributed by atoms with E-state index in [1.807, 2.05) is 35.2 Å². The van der Waals surface area contributed by atoms with Gasteiger partial charge in [-0.15, -0.1) is 0 Å². The van der Waals surface area contributed by atoms with E-state index in [1.54, 1.807) is 13.1 Å². The van der Waals surface area contributed by atoms with Gasteiger partial charge in [0.05, 0.1) is 55.0 Å². The predicted octanol–water partition coefficient (Wildman–Crippen LogP) is 1.67. The van der Waals surface area contributed by atoms with E-state index in [0.29, 0.717) is 68.7 Å². The molecule has 11 nitrogen and oxygen atoms in total. The van der Waals surface area contributed by atoms with Gasteiger partial charge in [-0.25, -0.2) is 13.4 Å². The van der Waals surface area contributed by atoms with Gasteiger partial charge in [-0.1, -0.05) is 12.1 Å². The highest BCUT2D eigenvalue weighted by Gasteiger charge is 2.47. The molecule has 3 aromatic rings. The molecule has 3 saturated heterocycles. The van der Waals surface area contributed by atoms with Crippen LogP contribution in [0.3, 0.4) is 0 Å². The van der Waals surface area contributed by atoms with E-state index >= 15 is 0 Å². The quantitative estimate of drug-likeness (QED) is 0.511. The van der Waals surface area contributed by atoms with Crippen molar-refractivity contribution in [2.45, 2.75) is 25.0 Å². The molecule has 1 aromatic carbocycles. The second kappa shape index (κ2) is 10.00. The molecule has 0 saturated carbocycles. The number of benzene rings is 1. The van der Waals surface area contributed by atoms with Crippen LogP contribution in [0.5, 0.6) is 0 Å². The molecular formula is C27H32N6O5S. The molecule has 206 valence electrons. The van der Waals surface area contributed by atoms with E-state index in [2.05, 4.69) is 17.1 Å². The molecule has 0 radical (unpaired) electrons. The Kier molecular flexibility index (Phi) is 6.64. The second-order valence-electron chi connectivity index (χ2n) is 10.5. The van der Waals surface area contributed by atoms with Gasteiger partial charge in [0.2, 0.25) is 5.95 Å². The van der Waals surface area contributed by atoms with Crippen LogP contribution in [0.25, 0.3) is 22.3 Å². The summed E-state index contributed by atoms with van der Waals surface area (Å²) in [4.78, 5) is 31.3. The summed E-state index contributed by atoms with van der Waals surface area (Å²) in [7, 11) is -1.53. The van der Waals surface area contributed by atoms with Gasteiger partial charge in [0.15, 0.2) is 15.5 Å². The minimum atomic E-state index is -3.13. The van der Waals surface area contributed by atoms with Crippen LogP contribution in [-0.2, 0) is 19.3 Å². The van der Waals surface area contributed by atoms with Crippen molar-refractivity contribution in [1.82, 2.24) is 20.3 Å². The van der Waals surface area contributed by atoms with Crippen molar-refractivity contribution in [2.24, 2.45) is 0 Å². The Labute approximate surface area is 227 Å². The highest BCUT2D eigenvalue weighted by molar-refractivity contribution is 7.91. The lowest BCUT2D eigenvalue weighted by Gasteiger charge is -2.40. The van der Waals surface area contributed by atoms with E-state index in [0.717, 1.165) is 16.8 Å². The summed E-state index contributed by atoms with van der Waals surface area (Å²) in [5.74, 6) is 1.27. The number of hydrogen-bond donors (Lipinski definition) is 1. The predicted molar refractivity (Wildman–Crippen MR) is 148 cm³/mol.